The third kappa shape index (κ3) is 5.49. The van der Waals surface area contributed by atoms with Gasteiger partial charge in [0.15, 0.2) is 0 Å². The summed E-state index contributed by atoms with van der Waals surface area (Å²) >= 11 is 0. The molecule has 0 saturated carbocycles. The molecule has 1 aromatic rings. The van der Waals surface area contributed by atoms with Crippen molar-refractivity contribution in [1.82, 2.24) is 10.2 Å². The van der Waals surface area contributed by atoms with Gasteiger partial charge in [-0.15, -0.1) is 0 Å². The van der Waals surface area contributed by atoms with Gasteiger partial charge >= 0.3 is 6.09 Å². The summed E-state index contributed by atoms with van der Waals surface area (Å²) in [4.78, 5) is 14.0. The highest BCUT2D eigenvalue weighted by molar-refractivity contribution is 5.68. The third-order valence-corrected chi connectivity index (χ3v) is 4.32. The summed E-state index contributed by atoms with van der Waals surface area (Å²) < 4.78 is 5.47. The zero-order valence-electron chi connectivity index (χ0n) is 15.0. The van der Waals surface area contributed by atoms with Crippen LogP contribution in [0, 0.1) is 5.41 Å². The molecule has 1 aromatic carbocycles. The molecule has 1 fully saturated rings. The Morgan fingerprint density at radius 1 is 1.33 bits per heavy atom. The van der Waals surface area contributed by atoms with Gasteiger partial charge in [-0.2, -0.15) is 0 Å². The lowest BCUT2D eigenvalue weighted by molar-refractivity contribution is -0.00827. The van der Waals surface area contributed by atoms with Crippen molar-refractivity contribution in [1.29, 1.82) is 0 Å². The van der Waals surface area contributed by atoms with Gasteiger partial charge in [-0.05, 0) is 39.2 Å². The van der Waals surface area contributed by atoms with Crippen LogP contribution in [0.3, 0.4) is 0 Å². The lowest BCUT2D eigenvalue weighted by atomic mass is 9.80. The normalized spacial score (nSPS) is 21.6. The number of carbonyl (C=O) groups excluding carboxylic acids is 1. The largest absolute Gasteiger partial charge is 0.444 e. The Labute approximate surface area is 145 Å². The Kier molecular flexibility index (Phi) is 6.24. The van der Waals surface area contributed by atoms with E-state index in [1.54, 1.807) is 4.90 Å². The van der Waals surface area contributed by atoms with Crippen molar-refractivity contribution in [3.8, 4) is 0 Å². The molecule has 5 heteroatoms. The second kappa shape index (κ2) is 7.99. The maximum absolute atomic E-state index is 12.3. The number of nitrogens with one attached hydrogen (secondary N) is 1. The SMILES string of the molecule is CC(C)(C)OC(=O)N1CCC[C@](CO)(CNCc2ccccc2)C1. The van der Waals surface area contributed by atoms with E-state index < -0.39 is 5.60 Å². The summed E-state index contributed by atoms with van der Waals surface area (Å²) in [5, 5.41) is 13.4. The standard InChI is InChI=1S/C19H30N2O3/c1-18(2,3)24-17(23)21-11-7-10-19(14-21,15-22)13-20-12-16-8-5-4-6-9-16/h4-6,8-9,20,22H,7,10-15H2,1-3H3/t19-/m0/s1. The number of nitrogens with zero attached hydrogens (tertiary/aromatic N) is 1. The highest BCUT2D eigenvalue weighted by Gasteiger charge is 2.37. The summed E-state index contributed by atoms with van der Waals surface area (Å²) in [6, 6.07) is 10.2. The van der Waals surface area contributed by atoms with E-state index in [2.05, 4.69) is 17.4 Å². The molecule has 2 rings (SSSR count). The number of aliphatic hydroxyl groups excluding tert-OH is 1. The van der Waals surface area contributed by atoms with Crippen LogP contribution in [0.4, 0.5) is 4.79 Å². The zero-order chi connectivity index (χ0) is 17.6. The minimum atomic E-state index is -0.498. The van der Waals surface area contributed by atoms with Crippen molar-refractivity contribution in [3.05, 3.63) is 35.9 Å². The Morgan fingerprint density at radius 3 is 2.67 bits per heavy atom. The van der Waals surface area contributed by atoms with Crippen molar-refractivity contribution >= 4 is 6.09 Å². The molecule has 24 heavy (non-hydrogen) atoms. The molecule has 0 spiro atoms. The van der Waals surface area contributed by atoms with Crippen LogP contribution in [0.5, 0.6) is 0 Å². The highest BCUT2D eigenvalue weighted by atomic mass is 16.6. The van der Waals surface area contributed by atoms with E-state index in [0.29, 0.717) is 19.6 Å². The molecule has 1 saturated heterocycles. The van der Waals surface area contributed by atoms with E-state index in [-0.39, 0.29) is 18.1 Å². The molecule has 0 aromatic heterocycles. The number of rotatable bonds is 5. The van der Waals surface area contributed by atoms with Gasteiger partial charge < -0.3 is 20.1 Å². The third-order valence-electron chi connectivity index (χ3n) is 4.32. The van der Waals surface area contributed by atoms with Crippen molar-refractivity contribution in [2.75, 3.05) is 26.2 Å². The molecule has 1 heterocycles. The van der Waals surface area contributed by atoms with E-state index in [0.717, 1.165) is 19.4 Å². The second-order valence-corrected chi connectivity index (χ2v) is 7.75. The number of amides is 1. The summed E-state index contributed by atoms with van der Waals surface area (Å²) in [5.41, 5.74) is 0.414. The smallest absolute Gasteiger partial charge is 0.410 e. The first-order valence-electron chi connectivity index (χ1n) is 8.67. The van der Waals surface area contributed by atoms with Crippen LogP contribution < -0.4 is 5.32 Å². The molecular weight excluding hydrogens is 304 g/mol. The van der Waals surface area contributed by atoms with Crippen LogP contribution in [-0.4, -0.2) is 47.9 Å². The number of ether oxygens (including phenoxy) is 1. The Hall–Kier alpha value is -1.59. The van der Waals surface area contributed by atoms with Crippen molar-refractivity contribution in [3.63, 3.8) is 0 Å². The average Bonchev–Trinajstić information content (AvgIpc) is 2.54. The number of aliphatic hydroxyl groups is 1. The minimum absolute atomic E-state index is 0.0636. The molecule has 1 atom stereocenters. The van der Waals surface area contributed by atoms with E-state index >= 15 is 0 Å². The molecular formula is C19H30N2O3. The van der Waals surface area contributed by atoms with Gasteiger partial charge in [-0.1, -0.05) is 30.3 Å². The molecule has 0 aliphatic carbocycles. The van der Waals surface area contributed by atoms with Crippen LogP contribution >= 0.6 is 0 Å². The molecule has 0 radical (unpaired) electrons. The van der Waals surface area contributed by atoms with Gasteiger partial charge in [0.1, 0.15) is 5.60 Å². The fourth-order valence-electron chi connectivity index (χ4n) is 3.09. The first-order valence-corrected chi connectivity index (χ1v) is 8.67. The summed E-state index contributed by atoms with van der Waals surface area (Å²) in [6.45, 7) is 8.33. The van der Waals surface area contributed by atoms with Gasteiger partial charge in [0.2, 0.25) is 0 Å². The van der Waals surface area contributed by atoms with Crippen LogP contribution in [0.2, 0.25) is 0 Å². The number of benzene rings is 1. The van der Waals surface area contributed by atoms with Crippen LogP contribution in [0.1, 0.15) is 39.2 Å². The number of hydrogen-bond acceptors (Lipinski definition) is 4. The summed E-state index contributed by atoms with van der Waals surface area (Å²) in [6.07, 6.45) is 1.50. The molecule has 1 aliphatic heterocycles. The van der Waals surface area contributed by atoms with Crippen LogP contribution in [0.25, 0.3) is 0 Å². The topological polar surface area (TPSA) is 61.8 Å². The van der Waals surface area contributed by atoms with Crippen molar-refractivity contribution in [2.45, 2.75) is 45.8 Å². The Bertz CT molecular complexity index is 527. The fraction of sp³-hybridized carbons (Fsp3) is 0.632. The van der Waals surface area contributed by atoms with Crippen LogP contribution in [0.15, 0.2) is 30.3 Å². The molecule has 2 N–H and O–H groups in total. The molecule has 5 nitrogen and oxygen atoms in total. The molecule has 1 amide bonds. The Morgan fingerprint density at radius 2 is 2.04 bits per heavy atom. The maximum atomic E-state index is 12.3. The molecule has 1 aliphatic rings. The predicted molar refractivity (Wildman–Crippen MR) is 94.7 cm³/mol. The average molecular weight is 334 g/mol. The maximum Gasteiger partial charge on any atom is 0.410 e. The molecule has 0 unspecified atom stereocenters. The van der Waals surface area contributed by atoms with E-state index in [4.69, 9.17) is 4.74 Å². The van der Waals surface area contributed by atoms with Gasteiger partial charge in [-0.25, -0.2) is 4.79 Å². The van der Waals surface area contributed by atoms with Gasteiger partial charge in [0.05, 0.1) is 6.61 Å². The summed E-state index contributed by atoms with van der Waals surface area (Å²) in [7, 11) is 0. The number of carbonyl (C=O) groups is 1. The first kappa shape index (κ1) is 18.7. The summed E-state index contributed by atoms with van der Waals surface area (Å²) in [5.74, 6) is 0. The van der Waals surface area contributed by atoms with E-state index in [1.165, 1.54) is 5.56 Å². The van der Waals surface area contributed by atoms with Crippen LogP contribution in [-0.2, 0) is 11.3 Å². The van der Waals surface area contributed by atoms with Crippen molar-refractivity contribution < 1.29 is 14.6 Å². The van der Waals surface area contributed by atoms with Gasteiger partial charge in [-0.3, -0.25) is 0 Å². The highest BCUT2D eigenvalue weighted by Crippen LogP contribution is 2.30. The molecule has 134 valence electrons. The first-order chi connectivity index (χ1) is 11.3. The van der Waals surface area contributed by atoms with Gasteiger partial charge in [0.25, 0.3) is 0 Å². The second-order valence-electron chi connectivity index (χ2n) is 7.75. The fourth-order valence-corrected chi connectivity index (χ4v) is 3.09. The predicted octanol–water partition coefficient (Wildman–Crippen LogP) is 2.79. The molecule has 0 bridgehead atoms. The number of hydrogen-bond donors (Lipinski definition) is 2. The number of likely N-dealkylation sites (tertiary alicyclic amines) is 1. The van der Waals surface area contributed by atoms with E-state index in [9.17, 15) is 9.90 Å². The van der Waals surface area contributed by atoms with E-state index in [1.807, 2.05) is 39.0 Å². The lowest BCUT2D eigenvalue weighted by Gasteiger charge is -2.42. The van der Waals surface area contributed by atoms with Crippen molar-refractivity contribution in [2.24, 2.45) is 5.41 Å². The minimum Gasteiger partial charge on any atom is -0.444 e. The lowest BCUT2D eigenvalue weighted by Crippen LogP contribution is -2.52. The monoisotopic (exact) mass is 334 g/mol. The zero-order valence-corrected chi connectivity index (χ0v) is 15.0. The Balaban J connectivity index is 1.91. The number of piperidine rings is 1. The quantitative estimate of drug-likeness (QED) is 0.869. The van der Waals surface area contributed by atoms with Gasteiger partial charge in [0, 0.05) is 31.6 Å².